The van der Waals surface area contributed by atoms with Crippen molar-refractivity contribution in [2.75, 3.05) is 6.54 Å². The third kappa shape index (κ3) is 3.65. The maximum atomic E-state index is 10.1. The highest BCUT2D eigenvalue weighted by molar-refractivity contribution is 9.10. The van der Waals surface area contributed by atoms with Crippen LogP contribution >= 0.6 is 27.3 Å². The molecule has 2 N–H and O–H groups in total. The predicted octanol–water partition coefficient (Wildman–Crippen LogP) is 3.64. The van der Waals surface area contributed by atoms with Crippen molar-refractivity contribution in [3.63, 3.8) is 0 Å². The molecule has 1 aromatic carbocycles. The van der Waals surface area contributed by atoms with E-state index in [1.165, 1.54) is 10.4 Å². The van der Waals surface area contributed by atoms with Crippen LogP contribution in [0.5, 0.6) is 0 Å². The molecule has 0 aliphatic rings. The second kappa shape index (κ2) is 6.48. The quantitative estimate of drug-likeness (QED) is 0.879. The lowest BCUT2D eigenvalue weighted by molar-refractivity contribution is 0.174. The molecule has 2 aromatic rings. The summed E-state index contributed by atoms with van der Waals surface area (Å²) < 4.78 is 0.994. The standard InChI is InChI=1S/C14H16BrNOS/c1-10-5-6-18-14(10)9-16-8-13(17)11-3-2-4-12(15)7-11/h2-7,13,16-17H,8-9H2,1H3. The van der Waals surface area contributed by atoms with E-state index >= 15 is 0 Å². The van der Waals surface area contributed by atoms with Crippen LogP contribution in [0.25, 0.3) is 0 Å². The molecule has 96 valence electrons. The number of rotatable bonds is 5. The molecule has 0 saturated heterocycles. The van der Waals surface area contributed by atoms with E-state index in [0.29, 0.717) is 6.54 Å². The van der Waals surface area contributed by atoms with Crippen LogP contribution in [0.2, 0.25) is 0 Å². The smallest absolute Gasteiger partial charge is 0.0914 e. The first-order chi connectivity index (χ1) is 8.66. The van der Waals surface area contributed by atoms with Crippen LogP contribution in [0.3, 0.4) is 0 Å². The molecule has 0 amide bonds. The van der Waals surface area contributed by atoms with Gasteiger partial charge in [0.15, 0.2) is 0 Å². The summed E-state index contributed by atoms with van der Waals surface area (Å²) in [5.74, 6) is 0. The number of hydrogen-bond acceptors (Lipinski definition) is 3. The van der Waals surface area contributed by atoms with Crippen LogP contribution in [-0.2, 0) is 6.54 Å². The molecule has 0 radical (unpaired) electrons. The fraction of sp³-hybridized carbons (Fsp3) is 0.286. The van der Waals surface area contributed by atoms with Crippen LogP contribution in [0.4, 0.5) is 0 Å². The van der Waals surface area contributed by atoms with Gasteiger partial charge in [-0.3, -0.25) is 0 Å². The first-order valence-electron chi connectivity index (χ1n) is 5.84. The molecule has 1 heterocycles. The van der Waals surface area contributed by atoms with Gasteiger partial charge in [-0.2, -0.15) is 0 Å². The third-order valence-corrected chi connectivity index (χ3v) is 4.34. The maximum absolute atomic E-state index is 10.1. The average molecular weight is 326 g/mol. The Morgan fingerprint density at radius 2 is 2.22 bits per heavy atom. The summed E-state index contributed by atoms with van der Waals surface area (Å²) in [6.45, 7) is 3.49. The van der Waals surface area contributed by atoms with Gasteiger partial charge in [-0.25, -0.2) is 0 Å². The van der Waals surface area contributed by atoms with Crippen LogP contribution in [0, 0.1) is 6.92 Å². The first kappa shape index (κ1) is 13.7. The van der Waals surface area contributed by atoms with Crippen molar-refractivity contribution >= 4 is 27.3 Å². The molecule has 2 nitrogen and oxygen atoms in total. The Morgan fingerprint density at radius 3 is 2.89 bits per heavy atom. The SMILES string of the molecule is Cc1ccsc1CNCC(O)c1cccc(Br)c1. The van der Waals surface area contributed by atoms with Gasteiger partial charge in [-0.15, -0.1) is 11.3 Å². The van der Waals surface area contributed by atoms with Crippen LogP contribution in [-0.4, -0.2) is 11.7 Å². The summed E-state index contributed by atoms with van der Waals surface area (Å²) in [6, 6.07) is 9.90. The van der Waals surface area contributed by atoms with Crippen molar-refractivity contribution in [2.24, 2.45) is 0 Å². The third-order valence-electron chi connectivity index (χ3n) is 2.82. The van der Waals surface area contributed by atoms with E-state index in [1.807, 2.05) is 24.3 Å². The first-order valence-corrected chi connectivity index (χ1v) is 7.51. The molecular formula is C14H16BrNOS. The van der Waals surface area contributed by atoms with Gasteiger partial charge in [0.2, 0.25) is 0 Å². The van der Waals surface area contributed by atoms with Gasteiger partial charge in [-0.05, 0) is 41.6 Å². The lowest BCUT2D eigenvalue weighted by atomic mass is 10.1. The molecular weight excluding hydrogens is 310 g/mol. The van der Waals surface area contributed by atoms with Gasteiger partial charge in [0.05, 0.1) is 6.10 Å². The zero-order chi connectivity index (χ0) is 13.0. The van der Waals surface area contributed by atoms with Gasteiger partial charge < -0.3 is 10.4 Å². The van der Waals surface area contributed by atoms with Crippen LogP contribution in [0.1, 0.15) is 22.1 Å². The second-order valence-electron chi connectivity index (χ2n) is 4.23. The minimum atomic E-state index is -0.470. The molecule has 18 heavy (non-hydrogen) atoms. The molecule has 0 aliphatic carbocycles. The average Bonchev–Trinajstić information content (AvgIpc) is 2.75. The Kier molecular flexibility index (Phi) is 4.95. The van der Waals surface area contributed by atoms with Crippen molar-refractivity contribution in [1.82, 2.24) is 5.32 Å². The number of aliphatic hydroxyl groups is 1. The van der Waals surface area contributed by atoms with Crippen molar-refractivity contribution < 1.29 is 5.11 Å². The van der Waals surface area contributed by atoms with E-state index in [4.69, 9.17) is 0 Å². The zero-order valence-corrected chi connectivity index (χ0v) is 12.6. The van der Waals surface area contributed by atoms with Gasteiger partial charge in [0, 0.05) is 22.4 Å². The second-order valence-corrected chi connectivity index (χ2v) is 6.14. The van der Waals surface area contributed by atoms with Gasteiger partial charge >= 0.3 is 0 Å². The summed E-state index contributed by atoms with van der Waals surface area (Å²) in [4.78, 5) is 1.33. The Hall–Kier alpha value is -0.680. The molecule has 0 saturated carbocycles. The Bertz CT molecular complexity index is 512. The van der Waals surface area contributed by atoms with Crippen molar-refractivity contribution in [3.8, 4) is 0 Å². The molecule has 2 rings (SSSR count). The topological polar surface area (TPSA) is 32.3 Å². The lowest BCUT2D eigenvalue weighted by Gasteiger charge is -2.12. The number of hydrogen-bond donors (Lipinski definition) is 2. The van der Waals surface area contributed by atoms with Crippen LogP contribution < -0.4 is 5.32 Å². The fourth-order valence-corrected chi connectivity index (χ4v) is 3.03. The number of aryl methyl sites for hydroxylation is 1. The molecule has 1 unspecified atom stereocenters. The van der Waals surface area contributed by atoms with Crippen LogP contribution in [0.15, 0.2) is 40.2 Å². The van der Waals surface area contributed by atoms with Crippen molar-refractivity contribution in [1.29, 1.82) is 0 Å². The van der Waals surface area contributed by atoms with E-state index in [9.17, 15) is 5.11 Å². The Morgan fingerprint density at radius 1 is 1.39 bits per heavy atom. The van der Waals surface area contributed by atoms with Gasteiger partial charge in [0.1, 0.15) is 0 Å². The number of nitrogens with one attached hydrogen (secondary N) is 1. The molecule has 1 aromatic heterocycles. The van der Waals surface area contributed by atoms with E-state index in [1.54, 1.807) is 11.3 Å². The Labute approximate surface area is 120 Å². The molecule has 0 aliphatic heterocycles. The van der Waals surface area contributed by atoms with E-state index < -0.39 is 6.10 Å². The molecule has 0 fully saturated rings. The normalized spacial score (nSPS) is 12.6. The molecule has 4 heteroatoms. The van der Waals surface area contributed by atoms with Crippen molar-refractivity contribution in [3.05, 3.63) is 56.2 Å². The van der Waals surface area contributed by atoms with Crippen molar-refractivity contribution in [2.45, 2.75) is 19.6 Å². The largest absolute Gasteiger partial charge is 0.387 e. The number of aliphatic hydroxyl groups excluding tert-OH is 1. The number of thiophene rings is 1. The highest BCUT2D eigenvalue weighted by Gasteiger charge is 2.07. The lowest BCUT2D eigenvalue weighted by Crippen LogP contribution is -2.20. The molecule has 0 bridgehead atoms. The Balaban J connectivity index is 1.85. The summed E-state index contributed by atoms with van der Waals surface area (Å²) in [7, 11) is 0. The van der Waals surface area contributed by atoms with Gasteiger partial charge in [-0.1, -0.05) is 28.1 Å². The number of halogens is 1. The minimum Gasteiger partial charge on any atom is -0.387 e. The fourth-order valence-electron chi connectivity index (χ4n) is 1.74. The summed E-state index contributed by atoms with van der Waals surface area (Å²) in [6.07, 6.45) is -0.470. The minimum absolute atomic E-state index is 0.470. The van der Waals surface area contributed by atoms with E-state index in [-0.39, 0.29) is 0 Å². The summed E-state index contributed by atoms with van der Waals surface area (Å²) >= 11 is 5.16. The summed E-state index contributed by atoms with van der Waals surface area (Å²) in [5, 5.41) is 15.4. The summed E-state index contributed by atoms with van der Waals surface area (Å²) in [5.41, 5.74) is 2.24. The number of benzene rings is 1. The highest BCUT2D eigenvalue weighted by Crippen LogP contribution is 2.18. The molecule has 1 atom stereocenters. The van der Waals surface area contributed by atoms with E-state index in [0.717, 1.165) is 16.6 Å². The highest BCUT2D eigenvalue weighted by atomic mass is 79.9. The van der Waals surface area contributed by atoms with Gasteiger partial charge in [0.25, 0.3) is 0 Å². The zero-order valence-electron chi connectivity index (χ0n) is 10.2. The molecule has 0 spiro atoms. The monoisotopic (exact) mass is 325 g/mol. The predicted molar refractivity (Wildman–Crippen MR) is 79.9 cm³/mol. The maximum Gasteiger partial charge on any atom is 0.0914 e. The van der Waals surface area contributed by atoms with E-state index in [2.05, 4.69) is 39.6 Å².